The molecule has 1 fully saturated rings. The molecule has 0 heterocycles. The minimum absolute atomic E-state index is 0. The van der Waals surface area contributed by atoms with Crippen molar-refractivity contribution >= 4 is 0 Å². The number of hydrogen-bond donors (Lipinski definition) is 0. The van der Waals surface area contributed by atoms with Gasteiger partial charge < -0.3 is 0 Å². The molecule has 11 heteroatoms. The SMILES string of the molecule is Fc1c(F)c(F)c([C-]=C2CCCC2=[C-]c2c(F)c(F)c(F)c(F)c2F)c(F)c1F.[Zr].c1cc[cH-]c1.c1cc[cH-]c1. The quantitative estimate of drug-likeness (QED) is 0.0884. The maximum atomic E-state index is 13.8. The van der Waals surface area contributed by atoms with Gasteiger partial charge in [0.15, 0.2) is 34.9 Å². The monoisotopic (exact) mass is 644 g/mol. The van der Waals surface area contributed by atoms with Gasteiger partial charge in [0, 0.05) is 26.2 Å². The molecule has 4 aromatic carbocycles. The number of rotatable bonds is 2. The van der Waals surface area contributed by atoms with Gasteiger partial charge in [0.2, 0.25) is 0 Å². The molecule has 0 bridgehead atoms. The predicted molar refractivity (Wildman–Crippen MR) is 122 cm³/mol. The molecule has 1 aliphatic carbocycles. The van der Waals surface area contributed by atoms with Crippen molar-refractivity contribution in [2.45, 2.75) is 19.3 Å². The molecule has 0 nitrogen and oxygen atoms in total. The van der Waals surface area contributed by atoms with E-state index >= 15 is 0 Å². The molecule has 5 rings (SSSR count). The fourth-order valence-corrected chi connectivity index (χ4v) is 3.39. The summed E-state index contributed by atoms with van der Waals surface area (Å²) in [4.78, 5) is 0. The van der Waals surface area contributed by atoms with Crippen molar-refractivity contribution in [1.29, 1.82) is 0 Å². The Balaban J connectivity index is 0.000000424. The van der Waals surface area contributed by atoms with Gasteiger partial charge in [0.25, 0.3) is 0 Å². The molecule has 1 aliphatic rings. The molecule has 210 valence electrons. The van der Waals surface area contributed by atoms with Crippen LogP contribution in [0.4, 0.5) is 43.9 Å². The minimum atomic E-state index is -2.38. The molecule has 0 saturated heterocycles. The summed E-state index contributed by atoms with van der Waals surface area (Å²) in [5.41, 5.74) is -3.35. The fraction of sp³-hybridized carbons (Fsp3) is 0.103. The summed E-state index contributed by atoms with van der Waals surface area (Å²) >= 11 is 0. The molecule has 0 aliphatic heterocycles. The van der Waals surface area contributed by atoms with Crippen molar-refractivity contribution in [3.63, 3.8) is 0 Å². The largest absolute Gasteiger partial charge is 0.261 e. The molecule has 0 aromatic heterocycles. The second-order valence-electron chi connectivity index (χ2n) is 7.87. The summed E-state index contributed by atoms with van der Waals surface area (Å²) in [6.07, 6.45) is 3.95. The van der Waals surface area contributed by atoms with E-state index in [-0.39, 0.29) is 56.6 Å². The summed E-state index contributed by atoms with van der Waals surface area (Å²) < 4.78 is 135. The Morgan fingerprint density at radius 3 is 0.900 bits per heavy atom. The zero-order chi connectivity index (χ0) is 28.7. The molecule has 0 N–H and O–H groups in total. The number of hydrogen-bond acceptors (Lipinski definition) is 0. The molecule has 0 amide bonds. The minimum Gasteiger partial charge on any atom is -0.261 e. The first-order valence-corrected chi connectivity index (χ1v) is 11.2. The van der Waals surface area contributed by atoms with Gasteiger partial charge in [-0.3, -0.25) is 17.6 Å². The summed E-state index contributed by atoms with van der Waals surface area (Å²) in [5.74, 6) is -22.4. The molecule has 0 atom stereocenters. The van der Waals surface area contributed by atoms with Gasteiger partial charge in [0.1, 0.15) is 0 Å². The van der Waals surface area contributed by atoms with Gasteiger partial charge in [-0.05, 0) is 0 Å². The summed E-state index contributed by atoms with van der Waals surface area (Å²) in [6, 6.07) is 20.0. The Morgan fingerprint density at radius 1 is 0.425 bits per heavy atom. The normalized spacial score (nSPS) is 14.3. The van der Waals surface area contributed by atoms with E-state index in [1.165, 1.54) is 0 Å². The van der Waals surface area contributed by atoms with Crippen molar-refractivity contribution in [2.75, 3.05) is 0 Å². The second-order valence-corrected chi connectivity index (χ2v) is 7.87. The van der Waals surface area contributed by atoms with E-state index < -0.39 is 69.3 Å². The van der Waals surface area contributed by atoms with E-state index in [4.69, 9.17) is 0 Å². The first-order valence-electron chi connectivity index (χ1n) is 11.2. The van der Waals surface area contributed by atoms with E-state index in [0.717, 1.165) is 0 Å². The van der Waals surface area contributed by atoms with Crippen molar-refractivity contribution < 1.29 is 70.1 Å². The zero-order valence-electron chi connectivity index (χ0n) is 20.2. The molecule has 0 unspecified atom stereocenters. The van der Waals surface area contributed by atoms with Crippen LogP contribution in [0, 0.1) is 70.3 Å². The van der Waals surface area contributed by atoms with E-state index in [9.17, 15) is 43.9 Å². The molecular weight excluding hydrogens is 630 g/mol. The van der Waals surface area contributed by atoms with Gasteiger partial charge in [-0.15, -0.1) is 0 Å². The molecule has 4 aromatic rings. The standard InChI is InChI=1S/C19H6F10.2C5H5.Zr/c20-10-8(11(21)15(25)18(28)14(10)24)4-6-2-1-3-7(6)5-9-12(22)16(26)19(29)17(27)13(9)23;2*1-2-4-5-3-1;/h1-3H2;2*1-5H;/q-2;2*-1;. The third-order valence-corrected chi connectivity index (χ3v) is 5.30. The third kappa shape index (κ3) is 7.50. The van der Waals surface area contributed by atoms with Crippen LogP contribution in [-0.2, 0) is 26.2 Å². The van der Waals surface area contributed by atoms with Crippen LogP contribution in [0.2, 0.25) is 0 Å². The first-order chi connectivity index (χ1) is 18.6. The Kier molecular flexibility index (Phi) is 12.4. The number of allylic oxidation sites excluding steroid dienone is 2. The van der Waals surface area contributed by atoms with Gasteiger partial charge in [-0.25, -0.2) is 61.8 Å². The first kappa shape index (κ1) is 33.0. The topological polar surface area (TPSA) is 0 Å². The van der Waals surface area contributed by atoms with Crippen molar-refractivity contribution in [1.82, 2.24) is 0 Å². The van der Waals surface area contributed by atoms with E-state index in [0.29, 0.717) is 0 Å². The molecular formula is C29H16F10Zr-4. The van der Waals surface area contributed by atoms with Crippen molar-refractivity contribution in [3.8, 4) is 0 Å². The second kappa shape index (κ2) is 15.0. The average molecular weight is 646 g/mol. The maximum absolute atomic E-state index is 13.8. The van der Waals surface area contributed by atoms with Crippen LogP contribution in [0.1, 0.15) is 30.4 Å². The Bertz CT molecular complexity index is 1270. The molecule has 40 heavy (non-hydrogen) atoms. The molecule has 0 spiro atoms. The average Bonchev–Trinajstić information content (AvgIpc) is 3.75. The van der Waals surface area contributed by atoms with E-state index in [1.54, 1.807) is 0 Å². The molecule has 0 radical (unpaired) electrons. The Hall–Kier alpha value is -3.20. The van der Waals surface area contributed by atoms with E-state index in [1.807, 2.05) is 72.8 Å². The van der Waals surface area contributed by atoms with Crippen LogP contribution in [0.15, 0.2) is 71.8 Å². The summed E-state index contributed by atoms with van der Waals surface area (Å²) in [6.45, 7) is 0. The Morgan fingerprint density at radius 2 is 0.675 bits per heavy atom. The van der Waals surface area contributed by atoms with Crippen LogP contribution in [-0.4, -0.2) is 0 Å². The van der Waals surface area contributed by atoms with Gasteiger partial charge in [-0.2, -0.15) is 48.6 Å². The van der Waals surface area contributed by atoms with Crippen molar-refractivity contribution in [2.24, 2.45) is 0 Å². The number of halogens is 10. The van der Waals surface area contributed by atoms with Gasteiger partial charge in [0.05, 0.1) is 23.3 Å². The molecule has 1 saturated carbocycles. The van der Waals surface area contributed by atoms with Crippen LogP contribution in [0.5, 0.6) is 0 Å². The summed E-state index contributed by atoms with van der Waals surface area (Å²) in [5, 5.41) is 0. The van der Waals surface area contributed by atoms with Crippen molar-refractivity contribution in [3.05, 3.63) is 153 Å². The summed E-state index contributed by atoms with van der Waals surface area (Å²) in [7, 11) is 0. The number of benzene rings is 2. The van der Waals surface area contributed by atoms with Crippen LogP contribution in [0.3, 0.4) is 0 Å². The Labute approximate surface area is 242 Å². The predicted octanol–water partition coefficient (Wildman–Crippen LogP) is 8.93. The third-order valence-electron chi connectivity index (χ3n) is 5.30. The van der Waals surface area contributed by atoms with Crippen LogP contribution < -0.4 is 0 Å². The van der Waals surface area contributed by atoms with Gasteiger partial charge >= 0.3 is 0 Å². The van der Waals surface area contributed by atoms with E-state index in [2.05, 4.69) is 0 Å². The van der Waals surface area contributed by atoms with Crippen LogP contribution in [0.25, 0.3) is 0 Å². The van der Waals surface area contributed by atoms with Gasteiger partial charge in [-0.1, -0.05) is 30.4 Å². The smallest absolute Gasteiger partial charge is 0.181 e. The zero-order valence-corrected chi connectivity index (χ0v) is 22.6. The maximum Gasteiger partial charge on any atom is 0.181 e. The van der Waals surface area contributed by atoms with Crippen LogP contribution >= 0.6 is 0 Å². The fourth-order valence-electron chi connectivity index (χ4n) is 3.39.